The summed E-state index contributed by atoms with van der Waals surface area (Å²) in [4.78, 5) is 12.0. The van der Waals surface area contributed by atoms with E-state index in [-0.39, 0.29) is 12.5 Å². The van der Waals surface area contributed by atoms with Crippen molar-refractivity contribution in [3.05, 3.63) is 23.9 Å². The molecule has 86 valence electrons. The SMILES string of the molecule is O=C1Nc2cc(CO)cc3cnn(c23)C12CC2. The van der Waals surface area contributed by atoms with Gasteiger partial charge < -0.3 is 10.4 Å². The van der Waals surface area contributed by atoms with Gasteiger partial charge in [0.25, 0.3) is 5.91 Å². The Bertz CT molecular complexity index is 655. The molecule has 0 radical (unpaired) electrons. The van der Waals surface area contributed by atoms with E-state index in [1.807, 2.05) is 16.8 Å². The molecule has 1 fully saturated rings. The van der Waals surface area contributed by atoms with E-state index < -0.39 is 5.54 Å². The molecule has 5 heteroatoms. The number of aliphatic hydroxyl groups excluding tert-OH is 1. The number of benzene rings is 1. The molecule has 1 saturated carbocycles. The molecular weight excluding hydrogens is 218 g/mol. The van der Waals surface area contributed by atoms with Crippen LogP contribution in [0.3, 0.4) is 0 Å². The van der Waals surface area contributed by atoms with Crippen LogP contribution in [0.25, 0.3) is 10.9 Å². The van der Waals surface area contributed by atoms with Gasteiger partial charge in [0, 0.05) is 5.39 Å². The van der Waals surface area contributed by atoms with Crippen LogP contribution in [0.1, 0.15) is 18.4 Å². The third-order valence-corrected chi connectivity index (χ3v) is 3.71. The summed E-state index contributed by atoms with van der Waals surface area (Å²) in [6.45, 7) is -0.0326. The molecule has 0 unspecified atom stereocenters. The van der Waals surface area contributed by atoms with E-state index in [0.29, 0.717) is 0 Å². The van der Waals surface area contributed by atoms with Crippen molar-refractivity contribution in [1.82, 2.24) is 9.78 Å². The largest absolute Gasteiger partial charge is 0.392 e. The van der Waals surface area contributed by atoms with Crippen LogP contribution in [0, 0.1) is 0 Å². The Balaban J connectivity index is 2.08. The Labute approximate surface area is 97.0 Å². The highest BCUT2D eigenvalue weighted by Gasteiger charge is 2.55. The third-order valence-electron chi connectivity index (χ3n) is 3.71. The van der Waals surface area contributed by atoms with Crippen molar-refractivity contribution < 1.29 is 9.90 Å². The van der Waals surface area contributed by atoms with Crippen LogP contribution in [-0.4, -0.2) is 20.8 Å². The zero-order valence-corrected chi connectivity index (χ0v) is 9.10. The molecule has 0 atom stereocenters. The molecule has 1 aromatic heterocycles. The second kappa shape index (κ2) is 2.68. The van der Waals surface area contributed by atoms with Crippen LogP contribution in [0.4, 0.5) is 5.69 Å². The molecule has 1 aliphatic heterocycles. The number of carbonyl (C=O) groups is 1. The van der Waals surface area contributed by atoms with Gasteiger partial charge in [-0.2, -0.15) is 5.10 Å². The smallest absolute Gasteiger partial charge is 0.252 e. The quantitative estimate of drug-likeness (QED) is 0.765. The number of nitrogens with zero attached hydrogens (tertiary/aromatic N) is 2. The summed E-state index contributed by atoms with van der Waals surface area (Å²) >= 11 is 0. The van der Waals surface area contributed by atoms with Crippen molar-refractivity contribution in [2.45, 2.75) is 25.0 Å². The number of aromatic nitrogens is 2. The summed E-state index contributed by atoms with van der Waals surface area (Å²) in [5, 5.41) is 17.4. The van der Waals surface area contributed by atoms with E-state index >= 15 is 0 Å². The standard InChI is InChI=1S/C12H11N3O2/c16-6-7-3-8-5-13-15-10(8)9(4-7)14-11(17)12(15)1-2-12/h3-5,16H,1-2,6H2,(H,14,17). The molecule has 0 saturated heterocycles. The molecule has 2 aliphatic rings. The first-order valence-electron chi connectivity index (χ1n) is 5.68. The van der Waals surface area contributed by atoms with Crippen LogP contribution < -0.4 is 5.32 Å². The number of carbonyl (C=O) groups excluding carboxylic acids is 1. The molecule has 2 N–H and O–H groups in total. The van der Waals surface area contributed by atoms with Gasteiger partial charge >= 0.3 is 0 Å². The first-order valence-corrected chi connectivity index (χ1v) is 5.68. The highest BCUT2D eigenvalue weighted by atomic mass is 16.3. The summed E-state index contributed by atoms with van der Waals surface area (Å²) in [6.07, 6.45) is 3.48. The van der Waals surface area contributed by atoms with Crippen LogP contribution in [0.2, 0.25) is 0 Å². The van der Waals surface area contributed by atoms with Gasteiger partial charge in [-0.15, -0.1) is 0 Å². The molecule has 2 heterocycles. The van der Waals surface area contributed by atoms with E-state index in [4.69, 9.17) is 0 Å². The van der Waals surface area contributed by atoms with Gasteiger partial charge in [0.2, 0.25) is 0 Å². The second-order valence-corrected chi connectivity index (χ2v) is 4.78. The zero-order chi connectivity index (χ0) is 11.6. The lowest BCUT2D eigenvalue weighted by atomic mass is 10.1. The molecule has 0 bridgehead atoms. The van der Waals surface area contributed by atoms with Gasteiger partial charge in [-0.1, -0.05) is 0 Å². The summed E-state index contributed by atoms with van der Waals surface area (Å²) in [5.41, 5.74) is 2.08. The van der Waals surface area contributed by atoms with Crippen molar-refractivity contribution in [2.24, 2.45) is 0 Å². The number of hydrogen-bond donors (Lipinski definition) is 2. The number of anilines is 1. The van der Waals surface area contributed by atoms with Gasteiger partial charge in [0.05, 0.1) is 24.0 Å². The molecule has 2 aromatic rings. The minimum Gasteiger partial charge on any atom is -0.392 e. The van der Waals surface area contributed by atoms with Crippen molar-refractivity contribution >= 4 is 22.5 Å². The predicted octanol–water partition coefficient (Wildman–Crippen LogP) is 0.970. The molecule has 4 rings (SSSR count). The third kappa shape index (κ3) is 0.975. The topological polar surface area (TPSA) is 67.2 Å². The average Bonchev–Trinajstić information content (AvgIpc) is 3.01. The number of hydrogen-bond acceptors (Lipinski definition) is 3. The maximum absolute atomic E-state index is 12.0. The minimum absolute atomic E-state index is 0.0186. The number of aliphatic hydroxyl groups is 1. The Kier molecular flexibility index (Phi) is 1.45. The van der Waals surface area contributed by atoms with E-state index in [1.54, 1.807) is 6.20 Å². The van der Waals surface area contributed by atoms with Crippen molar-refractivity contribution in [2.75, 3.05) is 5.32 Å². The lowest BCUT2D eigenvalue weighted by Gasteiger charge is -2.24. The Morgan fingerprint density at radius 1 is 1.47 bits per heavy atom. The van der Waals surface area contributed by atoms with E-state index in [9.17, 15) is 9.90 Å². The first-order chi connectivity index (χ1) is 8.24. The normalized spacial score (nSPS) is 19.7. The van der Waals surface area contributed by atoms with Crippen LogP contribution in [0.5, 0.6) is 0 Å². The van der Waals surface area contributed by atoms with Gasteiger partial charge in [-0.25, -0.2) is 4.68 Å². The summed E-state index contributed by atoms with van der Waals surface area (Å²) < 4.78 is 1.84. The van der Waals surface area contributed by atoms with E-state index in [2.05, 4.69) is 10.4 Å². The summed E-state index contributed by atoms with van der Waals surface area (Å²) in [6, 6.07) is 3.73. The Hall–Kier alpha value is -1.88. The first kappa shape index (κ1) is 9.18. The number of amides is 1. The highest BCUT2D eigenvalue weighted by molar-refractivity contribution is 6.09. The monoisotopic (exact) mass is 229 g/mol. The van der Waals surface area contributed by atoms with Gasteiger partial charge in [-0.3, -0.25) is 4.79 Å². The predicted molar refractivity (Wildman–Crippen MR) is 61.5 cm³/mol. The molecule has 1 spiro atoms. The number of fused-ring (bicyclic) bond motifs is 1. The van der Waals surface area contributed by atoms with Crippen molar-refractivity contribution in [3.63, 3.8) is 0 Å². The maximum atomic E-state index is 12.0. The average molecular weight is 229 g/mol. The lowest BCUT2D eigenvalue weighted by Crippen LogP contribution is -2.37. The van der Waals surface area contributed by atoms with Gasteiger partial charge in [-0.05, 0) is 30.5 Å². The molecule has 1 amide bonds. The van der Waals surface area contributed by atoms with Crippen LogP contribution in [0.15, 0.2) is 18.3 Å². The Morgan fingerprint density at radius 2 is 2.29 bits per heavy atom. The lowest BCUT2D eigenvalue weighted by molar-refractivity contribution is -0.120. The van der Waals surface area contributed by atoms with E-state index in [0.717, 1.165) is 35.0 Å². The molecule has 17 heavy (non-hydrogen) atoms. The van der Waals surface area contributed by atoms with Gasteiger partial charge in [0.1, 0.15) is 5.54 Å². The minimum atomic E-state index is -0.435. The number of rotatable bonds is 1. The van der Waals surface area contributed by atoms with Gasteiger partial charge in [0.15, 0.2) is 0 Å². The molecular formula is C12H11N3O2. The fourth-order valence-electron chi connectivity index (χ4n) is 2.63. The maximum Gasteiger partial charge on any atom is 0.252 e. The molecule has 1 aromatic carbocycles. The Morgan fingerprint density at radius 3 is 3.00 bits per heavy atom. The fourth-order valence-corrected chi connectivity index (χ4v) is 2.63. The number of nitrogens with one attached hydrogen (secondary N) is 1. The van der Waals surface area contributed by atoms with Crippen molar-refractivity contribution in [1.29, 1.82) is 0 Å². The second-order valence-electron chi connectivity index (χ2n) is 4.78. The zero-order valence-electron chi connectivity index (χ0n) is 9.10. The molecule has 5 nitrogen and oxygen atoms in total. The summed E-state index contributed by atoms with van der Waals surface area (Å²) in [5.74, 6) is 0.0186. The van der Waals surface area contributed by atoms with Crippen molar-refractivity contribution in [3.8, 4) is 0 Å². The molecule has 1 aliphatic carbocycles. The summed E-state index contributed by atoms with van der Waals surface area (Å²) in [7, 11) is 0. The van der Waals surface area contributed by atoms with Crippen LogP contribution >= 0.6 is 0 Å². The highest BCUT2D eigenvalue weighted by Crippen LogP contribution is 2.49. The fraction of sp³-hybridized carbons (Fsp3) is 0.333. The van der Waals surface area contributed by atoms with E-state index in [1.165, 1.54) is 0 Å². The van der Waals surface area contributed by atoms with Crippen LogP contribution in [-0.2, 0) is 16.9 Å².